The summed E-state index contributed by atoms with van der Waals surface area (Å²) in [6, 6.07) is 3.32. The lowest BCUT2D eigenvalue weighted by Crippen LogP contribution is -2.28. The molecule has 0 saturated heterocycles. The first-order valence-electron chi connectivity index (χ1n) is 5.44. The van der Waals surface area contributed by atoms with Gasteiger partial charge in [0.15, 0.2) is 0 Å². The highest BCUT2D eigenvalue weighted by molar-refractivity contribution is 7.84. The summed E-state index contributed by atoms with van der Waals surface area (Å²) in [5.41, 5.74) is 0.548. The summed E-state index contributed by atoms with van der Waals surface area (Å²) < 4.78 is 11.2. The number of carbonyl (C=O) groups excluding carboxylic acids is 1. The Kier molecular flexibility index (Phi) is 5.62. The van der Waals surface area contributed by atoms with Crippen molar-refractivity contribution in [3.8, 4) is 0 Å². The Hall–Kier alpha value is -1.43. The van der Waals surface area contributed by atoms with E-state index in [-0.39, 0.29) is 5.91 Å². The van der Waals surface area contributed by atoms with Gasteiger partial charge in [-0.3, -0.25) is 9.00 Å². The quantitative estimate of drug-likeness (QED) is 0.782. The van der Waals surface area contributed by atoms with Gasteiger partial charge in [0.1, 0.15) is 5.82 Å². The largest absolute Gasteiger partial charge is 0.373 e. The number of nitrogens with one attached hydrogen (secondary N) is 2. The molecule has 0 aromatic carbocycles. The summed E-state index contributed by atoms with van der Waals surface area (Å²) in [5, 5.41) is 5.59. The molecule has 0 fully saturated rings. The summed E-state index contributed by atoms with van der Waals surface area (Å²) in [7, 11) is 0.899. The van der Waals surface area contributed by atoms with E-state index in [1.54, 1.807) is 25.4 Å². The summed E-state index contributed by atoms with van der Waals surface area (Å²) in [4.78, 5) is 15.7. The second-order valence-corrected chi connectivity index (χ2v) is 5.23. The van der Waals surface area contributed by atoms with Crippen LogP contribution in [0.3, 0.4) is 0 Å². The molecule has 1 heterocycles. The van der Waals surface area contributed by atoms with Crippen LogP contribution in [0.2, 0.25) is 0 Å². The standard InChI is InChI=1S/C11H17N3O2S/c1-3-17(16)7-6-14-11(15)9-4-5-13-10(8-9)12-2/h4-5,8H,3,6-7H2,1-2H3,(H,12,13)(H,14,15). The van der Waals surface area contributed by atoms with Gasteiger partial charge >= 0.3 is 0 Å². The molecule has 0 aliphatic carbocycles. The zero-order valence-electron chi connectivity index (χ0n) is 10.0. The molecule has 0 bridgehead atoms. The van der Waals surface area contributed by atoms with Crippen molar-refractivity contribution in [2.75, 3.05) is 30.4 Å². The van der Waals surface area contributed by atoms with Crippen LogP contribution < -0.4 is 10.6 Å². The highest BCUT2D eigenvalue weighted by Gasteiger charge is 2.06. The first-order chi connectivity index (χ1) is 8.17. The summed E-state index contributed by atoms with van der Waals surface area (Å²) in [6.07, 6.45) is 1.57. The number of anilines is 1. The molecule has 6 heteroatoms. The fourth-order valence-electron chi connectivity index (χ4n) is 1.23. The van der Waals surface area contributed by atoms with Gasteiger partial charge in [-0.2, -0.15) is 0 Å². The molecular weight excluding hydrogens is 238 g/mol. The molecule has 0 spiro atoms. The Labute approximate surface area is 103 Å². The zero-order valence-corrected chi connectivity index (χ0v) is 10.8. The fraction of sp³-hybridized carbons (Fsp3) is 0.455. The maximum Gasteiger partial charge on any atom is 0.251 e. The lowest BCUT2D eigenvalue weighted by atomic mass is 10.2. The molecule has 1 amide bonds. The average molecular weight is 255 g/mol. The SMILES string of the molecule is CCS(=O)CCNC(=O)c1ccnc(NC)c1. The number of amides is 1. The first-order valence-corrected chi connectivity index (χ1v) is 6.93. The highest BCUT2D eigenvalue weighted by atomic mass is 32.2. The Morgan fingerprint density at radius 3 is 2.94 bits per heavy atom. The molecule has 1 unspecified atom stereocenters. The van der Waals surface area contributed by atoms with Crippen molar-refractivity contribution < 1.29 is 9.00 Å². The van der Waals surface area contributed by atoms with Crippen LogP contribution in [0.25, 0.3) is 0 Å². The number of aromatic nitrogens is 1. The van der Waals surface area contributed by atoms with Crippen LogP contribution in [0.4, 0.5) is 5.82 Å². The number of pyridine rings is 1. The van der Waals surface area contributed by atoms with E-state index in [1.807, 2.05) is 6.92 Å². The Balaban J connectivity index is 2.49. The van der Waals surface area contributed by atoms with E-state index in [0.29, 0.717) is 29.4 Å². The van der Waals surface area contributed by atoms with Gasteiger partial charge in [-0.15, -0.1) is 0 Å². The second kappa shape index (κ2) is 7.01. The van der Waals surface area contributed by atoms with Gasteiger partial charge in [-0.05, 0) is 12.1 Å². The minimum Gasteiger partial charge on any atom is -0.373 e. The summed E-state index contributed by atoms with van der Waals surface area (Å²) >= 11 is 0. The molecule has 1 aromatic rings. The predicted molar refractivity (Wildman–Crippen MR) is 69.7 cm³/mol. The number of hydrogen-bond acceptors (Lipinski definition) is 4. The van der Waals surface area contributed by atoms with Crippen LogP contribution >= 0.6 is 0 Å². The average Bonchev–Trinajstić information content (AvgIpc) is 2.38. The molecule has 0 aliphatic rings. The molecule has 1 aromatic heterocycles. The Morgan fingerprint density at radius 2 is 2.29 bits per heavy atom. The Morgan fingerprint density at radius 1 is 1.53 bits per heavy atom. The van der Waals surface area contributed by atoms with Gasteiger partial charge < -0.3 is 10.6 Å². The number of carbonyl (C=O) groups is 1. The van der Waals surface area contributed by atoms with Gasteiger partial charge in [-0.25, -0.2) is 4.98 Å². The first kappa shape index (κ1) is 13.6. The molecule has 2 N–H and O–H groups in total. The third-order valence-corrected chi connectivity index (χ3v) is 3.52. The molecule has 1 rings (SSSR count). The van der Waals surface area contributed by atoms with E-state index in [2.05, 4.69) is 15.6 Å². The van der Waals surface area contributed by atoms with Crippen molar-refractivity contribution in [1.29, 1.82) is 0 Å². The fourth-order valence-corrected chi connectivity index (χ4v) is 1.85. The third kappa shape index (κ3) is 4.52. The van der Waals surface area contributed by atoms with Crippen molar-refractivity contribution in [3.05, 3.63) is 23.9 Å². The van der Waals surface area contributed by atoms with Crippen LogP contribution in [-0.4, -0.2) is 40.2 Å². The van der Waals surface area contributed by atoms with Crippen molar-refractivity contribution in [3.63, 3.8) is 0 Å². The molecule has 0 aliphatic heterocycles. The van der Waals surface area contributed by atoms with Crippen LogP contribution in [0, 0.1) is 0 Å². The molecule has 94 valence electrons. The summed E-state index contributed by atoms with van der Waals surface area (Å²) in [6.45, 7) is 2.29. The topological polar surface area (TPSA) is 71.1 Å². The highest BCUT2D eigenvalue weighted by Crippen LogP contribution is 2.05. The maximum atomic E-state index is 11.7. The molecule has 5 nitrogen and oxygen atoms in total. The van der Waals surface area contributed by atoms with E-state index in [1.165, 1.54) is 0 Å². The summed E-state index contributed by atoms with van der Waals surface area (Å²) in [5.74, 6) is 1.59. The van der Waals surface area contributed by atoms with E-state index >= 15 is 0 Å². The smallest absolute Gasteiger partial charge is 0.251 e. The van der Waals surface area contributed by atoms with Gasteiger partial charge in [-0.1, -0.05) is 6.92 Å². The van der Waals surface area contributed by atoms with Gasteiger partial charge in [0.25, 0.3) is 5.91 Å². The minimum atomic E-state index is -0.845. The number of nitrogens with zero attached hydrogens (tertiary/aromatic N) is 1. The number of hydrogen-bond donors (Lipinski definition) is 2. The van der Waals surface area contributed by atoms with E-state index in [9.17, 15) is 9.00 Å². The second-order valence-electron chi connectivity index (χ2n) is 3.37. The lowest BCUT2D eigenvalue weighted by Gasteiger charge is -2.05. The number of rotatable bonds is 6. The van der Waals surface area contributed by atoms with E-state index < -0.39 is 10.8 Å². The molecule has 17 heavy (non-hydrogen) atoms. The molecule has 0 radical (unpaired) electrons. The zero-order chi connectivity index (χ0) is 12.7. The van der Waals surface area contributed by atoms with Crippen molar-refractivity contribution in [2.24, 2.45) is 0 Å². The van der Waals surface area contributed by atoms with Crippen molar-refractivity contribution in [1.82, 2.24) is 10.3 Å². The molecular formula is C11H17N3O2S. The van der Waals surface area contributed by atoms with Gasteiger partial charge in [0.05, 0.1) is 0 Å². The molecule has 0 saturated carbocycles. The van der Waals surface area contributed by atoms with Crippen molar-refractivity contribution >= 4 is 22.5 Å². The van der Waals surface area contributed by atoms with Crippen LogP contribution in [0.5, 0.6) is 0 Å². The normalized spacial score (nSPS) is 11.9. The van der Waals surface area contributed by atoms with Crippen LogP contribution in [0.1, 0.15) is 17.3 Å². The molecule has 1 atom stereocenters. The van der Waals surface area contributed by atoms with E-state index in [4.69, 9.17) is 0 Å². The van der Waals surface area contributed by atoms with Crippen molar-refractivity contribution in [2.45, 2.75) is 6.92 Å². The monoisotopic (exact) mass is 255 g/mol. The van der Waals surface area contributed by atoms with Gasteiger partial charge in [0.2, 0.25) is 0 Å². The van der Waals surface area contributed by atoms with E-state index in [0.717, 1.165) is 0 Å². The minimum absolute atomic E-state index is 0.169. The van der Waals surface area contributed by atoms with Crippen LogP contribution in [-0.2, 0) is 10.8 Å². The van der Waals surface area contributed by atoms with Gasteiger partial charge in [0, 0.05) is 47.7 Å². The Bertz CT molecular complexity index is 409. The predicted octanol–water partition coefficient (Wildman–Crippen LogP) is 0.622. The third-order valence-electron chi connectivity index (χ3n) is 2.22. The maximum absolute atomic E-state index is 11.7. The lowest BCUT2D eigenvalue weighted by molar-refractivity contribution is 0.0956. The van der Waals surface area contributed by atoms with Crippen LogP contribution in [0.15, 0.2) is 18.3 Å².